The van der Waals surface area contributed by atoms with Gasteiger partial charge < -0.3 is 4.74 Å². The Balaban J connectivity index is 1.31. The topological polar surface area (TPSA) is 9.23 Å². The van der Waals surface area contributed by atoms with Crippen LogP contribution < -0.4 is 4.74 Å². The Morgan fingerprint density at radius 1 is 0.800 bits per heavy atom. The number of hydrogen-bond acceptors (Lipinski definition) is 1. The van der Waals surface area contributed by atoms with Gasteiger partial charge in [-0.1, -0.05) is 94.3 Å². The van der Waals surface area contributed by atoms with Crippen molar-refractivity contribution in [2.45, 2.75) is 84.2 Å². The minimum atomic E-state index is -2.83. The molecule has 0 N–H and O–H groups in total. The number of aryl methyl sites for hydroxylation is 3. The second kappa shape index (κ2) is 12.5. The van der Waals surface area contributed by atoms with E-state index in [2.05, 4.69) is 23.8 Å². The van der Waals surface area contributed by atoms with Crippen molar-refractivity contribution in [3.63, 3.8) is 0 Å². The van der Waals surface area contributed by atoms with Crippen molar-refractivity contribution in [1.82, 2.24) is 0 Å². The molecule has 3 aromatic carbocycles. The maximum Gasteiger partial charge on any atom is 0.387 e. The molecule has 0 heterocycles. The van der Waals surface area contributed by atoms with Crippen LogP contribution in [-0.2, 0) is 19.3 Å². The molecule has 1 aliphatic rings. The minimum absolute atomic E-state index is 0.135. The van der Waals surface area contributed by atoms with Crippen LogP contribution in [0.2, 0.25) is 0 Å². The van der Waals surface area contributed by atoms with Gasteiger partial charge >= 0.3 is 6.61 Å². The molecule has 0 spiro atoms. The second-order valence-electron chi connectivity index (χ2n) is 10.2. The monoisotopic (exact) mass is 482 g/mol. The van der Waals surface area contributed by atoms with Crippen molar-refractivity contribution < 1.29 is 17.9 Å². The highest BCUT2D eigenvalue weighted by atomic mass is 19.3. The van der Waals surface area contributed by atoms with Crippen LogP contribution in [0.1, 0.15) is 75.0 Å². The molecular formula is C31H37F3O. The summed E-state index contributed by atoms with van der Waals surface area (Å²) >= 11 is 0. The normalized spacial score (nSPS) is 18.3. The van der Waals surface area contributed by atoms with Crippen molar-refractivity contribution in [3.05, 3.63) is 77.1 Å². The fourth-order valence-corrected chi connectivity index (χ4v) is 5.52. The standard InChI is InChI=1S/C31H37F3O/c1-2-3-4-22-5-7-23(8-6-22)9-10-25-14-20-29-27(21-25)17-16-26(30(29)32)15-11-24-12-18-28(19-13-24)35-31(33)34/h12-14,16-23,31H,2-11,15H2,1H3. The van der Waals surface area contributed by atoms with Crippen molar-refractivity contribution in [1.29, 1.82) is 0 Å². The Bertz CT molecular complexity index is 1070. The predicted octanol–water partition coefficient (Wildman–Crippen LogP) is 9.29. The van der Waals surface area contributed by atoms with Crippen LogP contribution in [0.3, 0.4) is 0 Å². The molecule has 0 unspecified atom stereocenters. The van der Waals surface area contributed by atoms with Crippen LogP contribution in [0, 0.1) is 17.7 Å². The Hall–Kier alpha value is -2.49. The molecule has 1 nitrogen and oxygen atoms in total. The number of halogens is 3. The van der Waals surface area contributed by atoms with Gasteiger partial charge in [-0.15, -0.1) is 0 Å². The molecule has 0 saturated heterocycles. The summed E-state index contributed by atoms with van der Waals surface area (Å²) in [6.45, 7) is -0.552. The van der Waals surface area contributed by atoms with E-state index >= 15 is 4.39 Å². The maximum absolute atomic E-state index is 15.2. The zero-order valence-corrected chi connectivity index (χ0v) is 20.7. The first-order valence-electron chi connectivity index (χ1n) is 13.3. The average molecular weight is 483 g/mol. The first-order valence-corrected chi connectivity index (χ1v) is 13.3. The number of rotatable bonds is 11. The average Bonchev–Trinajstić information content (AvgIpc) is 2.87. The summed E-state index contributed by atoms with van der Waals surface area (Å²) in [5, 5.41) is 1.63. The van der Waals surface area contributed by atoms with E-state index in [-0.39, 0.29) is 11.6 Å². The quantitative estimate of drug-likeness (QED) is 0.265. The number of benzene rings is 3. The van der Waals surface area contributed by atoms with Crippen LogP contribution in [0.15, 0.2) is 54.6 Å². The van der Waals surface area contributed by atoms with Gasteiger partial charge in [0.05, 0.1) is 0 Å². The lowest BCUT2D eigenvalue weighted by molar-refractivity contribution is -0.0498. The summed E-state index contributed by atoms with van der Waals surface area (Å²) < 4.78 is 44.2. The highest BCUT2D eigenvalue weighted by Crippen LogP contribution is 2.34. The minimum Gasteiger partial charge on any atom is -0.435 e. The van der Waals surface area contributed by atoms with Gasteiger partial charge in [0, 0.05) is 5.39 Å². The van der Waals surface area contributed by atoms with E-state index < -0.39 is 6.61 Å². The Labute approximate surface area is 207 Å². The van der Waals surface area contributed by atoms with Gasteiger partial charge in [-0.05, 0) is 71.7 Å². The van der Waals surface area contributed by atoms with Gasteiger partial charge in [-0.2, -0.15) is 8.78 Å². The van der Waals surface area contributed by atoms with Gasteiger partial charge in [0.2, 0.25) is 0 Å². The third-order valence-corrected chi connectivity index (χ3v) is 7.70. The molecule has 1 saturated carbocycles. The fraction of sp³-hybridized carbons (Fsp3) is 0.484. The van der Waals surface area contributed by atoms with Crippen LogP contribution >= 0.6 is 0 Å². The van der Waals surface area contributed by atoms with Crippen molar-refractivity contribution in [2.24, 2.45) is 11.8 Å². The van der Waals surface area contributed by atoms with Crippen molar-refractivity contribution in [2.75, 3.05) is 0 Å². The largest absolute Gasteiger partial charge is 0.435 e. The van der Waals surface area contributed by atoms with Gasteiger partial charge in [0.25, 0.3) is 0 Å². The SMILES string of the molecule is CCCCC1CCC(CCc2ccc3c(F)c(CCc4ccc(OC(F)F)cc4)ccc3c2)CC1. The molecule has 0 aliphatic heterocycles. The molecule has 0 aromatic heterocycles. The molecule has 1 aliphatic carbocycles. The molecule has 4 rings (SSSR count). The van der Waals surface area contributed by atoms with Gasteiger partial charge in [0.15, 0.2) is 0 Å². The Morgan fingerprint density at radius 3 is 2.17 bits per heavy atom. The Morgan fingerprint density at radius 2 is 1.49 bits per heavy atom. The van der Waals surface area contributed by atoms with E-state index in [1.54, 1.807) is 12.1 Å². The number of hydrogen-bond donors (Lipinski definition) is 0. The molecule has 3 aromatic rings. The zero-order valence-electron chi connectivity index (χ0n) is 20.7. The predicted molar refractivity (Wildman–Crippen MR) is 138 cm³/mol. The zero-order chi connectivity index (χ0) is 24.6. The summed E-state index contributed by atoms with van der Waals surface area (Å²) in [7, 11) is 0. The maximum atomic E-state index is 15.2. The van der Waals surface area contributed by atoms with Gasteiger partial charge in [-0.3, -0.25) is 0 Å². The third-order valence-electron chi connectivity index (χ3n) is 7.70. The lowest BCUT2D eigenvalue weighted by Gasteiger charge is -2.28. The number of alkyl halides is 2. The van der Waals surface area contributed by atoms with Crippen LogP contribution in [0.4, 0.5) is 13.2 Å². The molecule has 188 valence electrons. The second-order valence-corrected chi connectivity index (χ2v) is 10.2. The van der Waals surface area contributed by atoms with E-state index in [1.165, 1.54) is 69.1 Å². The van der Waals surface area contributed by atoms with Crippen LogP contribution in [0.5, 0.6) is 5.75 Å². The summed E-state index contributed by atoms with van der Waals surface area (Å²) in [6, 6.07) is 16.6. The van der Waals surface area contributed by atoms with E-state index in [0.717, 1.165) is 29.2 Å². The molecule has 35 heavy (non-hydrogen) atoms. The fourth-order valence-electron chi connectivity index (χ4n) is 5.52. The molecular weight excluding hydrogens is 445 g/mol. The summed E-state index contributed by atoms with van der Waals surface area (Å²) in [4.78, 5) is 0. The van der Waals surface area contributed by atoms with E-state index in [9.17, 15) is 8.78 Å². The Kier molecular flexibility index (Phi) is 9.12. The van der Waals surface area contributed by atoms with E-state index in [0.29, 0.717) is 23.8 Å². The summed E-state index contributed by atoms with van der Waals surface area (Å²) in [6.07, 6.45) is 13.1. The number of unbranched alkanes of at least 4 members (excludes halogenated alkanes) is 1. The molecule has 0 amide bonds. The molecule has 1 fully saturated rings. The molecule has 0 bridgehead atoms. The highest BCUT2D eigenvalue weighted by molar-refractivity contribution is 5.84. The van der Waals surface area contributed by atoms with E-state index in [4.69, 9.17) is 0 Å². The molecule has 0 radical (unpaired) electrons. The highest BCUT2D eigenvalue weighted by Gasteiger charge is 2.20. The molecule has 0 atom stereocenters. The van der Waals surface area contributed by atoms with Gasteiger partial charge in [0.1, 0.15) is 11.6 Å². The van der Waals surface area contributed by atoms with Crippen LogP contribution in [0.25, 0.3) is 10.8 Å². The van der Waals surface area contributed by atoms with Gasteiger partial charge in [-0.25, -0.2) is 4.39 Å². The van der Waals surface area contributed by atoms with Crippen molar-refractivity contribution >= 4 is 10.8 Å². The van der Waals surface area contributed by atoms with Crippen molar-refractivity contribution in [3.8, 4) is 5.75 Å². The smallest absolute Gasteiger partial charge is 0.387 e. The number of ether oxygens (including phenoxy) is 1. The first-order chi connectivity index (χ1) is 17.0. The first kappa shape index (κ1) is 25.6. The lowest BCUT2D eigenvalue weighted by atomic mass is 9.78. The summed E-state index contributed by atoms with van der Waals surface area (Å²) in [5.74, 6) is 1.76. The number of fused-ring (bicyclic) bond motifs is 1. The molecule has 4 heteroatoms. The van der Waals surface area contributed by atoms with Crippen LogP contribution in [-0.4, -0.2) is 6.61 Å². The third kappa shape index (κ3) is 7.25. The van der Waals surface area contributed by atoms with E-state index in [1.807, 2.05) is 18.2 Å². The lowest BCUT2D eigenvalue weighted by Crippen LogP contribution is -2.15. The summed E-state index contributed by atoms with van der Waals surface area (Å²) in [5.41, 5.74) is 2.93.